The van der Waals surface area contributed by atoms with Crippen molar-refractivity contribution >= 4 is 21.6 Å². The smallest absolute Gasteiger partial charge is 0.262 e. The summed E-state index contributed by atoms with van der Waals surface area (Å²) in [7, 11) is 0. The van der Waals surface area contributed by atoms with Crippen LogP contribution >= 0.6 is 11.3 Å². The van der Waals surface area contributed by atoms with Gasteiger partial charge in [-0.15, -0.1) is 11.3 Å². The summed E-state index contributed by atoms with van der Waals surface area (Å²) in [5, 5.41) is 12.7. The molecule has 4 nitrogen and oxygen atoms in total. The largest absolute Gasteiger partial charge is 0.386 e. The summed E-state index contributed by atoms with van der Waals surface area (Å²) in [6, 6.07) is 10.7. The van der Waals surface area contributed by atoms with Crippen molar-refractivity contribution in [3.8, 4) is 11.1 Å². The highest BCUT2D eigenvalue weighted by molar-refractivity contribution is 7.17. The van der Waals surface area contributed by atoms with E-state index in [1.807, 2.05) is 36.6 Å². The van der Waals surface area contributed by atoms with Crippen LogP contribution in [-0.4, -0.2) is 14.7 Å². The molecule has 0 saturated carbocycles. The Morgan fingerprint density at radius 2 is 1.93 bits per heavy atom. The number of hydrogen-bond acceptors (Lipinski definition) is 4. The van der Waals surface area contributed by atoms with E-state index >= 15 is 0 Å². The second-order valence-corrected chi connectivity index (χ2v) is 7.44. The van der Waals surface area contributed by atoms with E-state index in [0.29, 0.717) is 10.2 Å². The Bertz CT molecular complexity index is 1220. The molecule has 0 aliphatic carbocycles. The Morgan fingerprint density at radius 3 is 2.68 bits per heavy atom. The Balaban J connectivity index is 1.75. The number of nitrogens with zero attached hydrogens (tertiary/aromatic N) is 2. The minimum absolute atomic E-state index is 0.198. The maximum atomic E-state index is 13.9. The number of hydrogen-bond donors (Lipinski definition) is 1. The molecule has 4 rings (SSSR count). The second-order valence-electron chi connectivity index (χ2n) is 6.58. The third-order valence-electron chi connectivity index (χ3n) is 4.61. The number of aromatic nitrogens is 2. The highest BCUT2D eigenvalue weighted by atomic mass is 32.1. The van der Waals surface area contributed by atoms with Crippen LogP contribution in [-0.2, 0) is 6.54 Å². The first-order chi connectivity index (χ1) is 13.4. The van der Waals surface area contributed by atoms with Crippen molar-refractivity contribution in [1.82, 2.24) is 9.55 Å². The van der Waals surface area contributed by atoms with Crippen molar-refractivity contribution in [2.45, 2.75) is 19.6 Å². The maximum Gasteiger partial charge on any atom is 0.262 e. The molecule has 7 heteroatoms. The Labute approximate surface area is 163 Å². The molecule has 2 aromatic carbocycles. The van der Waals surface area contributed by atoms with Crippen LogP contribution in [0.25, 0.3) is 21.3 Å². The number of thiophene rings is 1. The summed E-state index contributed by atoms with van der Waals surface area (Å²) < 4.78 is 28.5. The van der Waals surface area contributed by atoms with Crippen molar-refractivity contribution in [3.05, 3.63) is 87.3 Å². The number of rotatable bonds is 4. The van der Waals surface area contributed by atoms with Crippen LogP contribution < -0.4 is 5.56 Å². The summed E-state index contributed by atoms with van der Waals surface area (Å²) >= 11 is 1.36. The van der Waals surface area contributed by atoms with Gasteiger partial charge in [-0.05, 0) is 30.7 Å². The fourth-order valence-corrected chi connectivity index (χ4v) is 4.00. The van der Waals surface area contributed by atoms with Gasteiger partial charge in [-0.25, -0.2) is 13.8 Å². The molecular weight excluding hydrogens is 382 g/mol. The van der Waals surface area contributed by atoms with Gasteiger partial charge >= 0.3 is 0 Å². The molecule has 28 heavy (non-hydrogen) atoms. The zero-order valence-corrected chi connectivity index (χ0v) is 15.7. The lowest BCUT2D eigenvalue weighted by Gasteiger charge is -2.14. The second kappa shape index (κ2) is 7.26. The number of aliphatic hydroxyl groups excluding tert-OH is 1. The molecular formula is C21H16F2N2O2S. The SMILES string of the molecule is Cc1ccc(-c2csc3ncn(CC(O)c4cc(F)ccc4F)c(=O)c23)cc1. The van der Waals surface area contributed by atoms with Gasteiger partial charge in [0.1, 0.15) is 16.5 Å². The van der Waals surface area contributed by atoms with Gasteiger partial charge in [-0.1, -0.05) is 29.8 Å². The Hall–Kier alpha value is -2.90. The lowest BCUT2D eigenvalue weighted by Crippen LogP contribution is -2.24. The van der Waals surface area contributed by atoms with Gasteiger partial charge in [-0.2, -0.15) is 0 Å². The zero-order chi connectivity index (χ0) is 19.8. The molecule has 1 unspecified atom stereocenters. The average Bonchev–Trinajstić information content (AvgIpc) is 3.11. The number of halogens is 2. The Morgan fingerprint density at radius 1 is 1.18 bits per heavy atom. The first-order valence-electron chi connectivity index (χ1n) is 8.60. The predicted octanol–water partition coefficient (Wildman–Crippen LogP) is 4.45. The first-order valence-corrected chi connectivity index (χ1v) is 9.48. The molecule has 2 heterocycles. The molecule has 1 atom stereocenters. The molecule has 0 aliphatic rings. The molecule has 0 amide bonds. The van der Waals surface area contributed by atoms with Crippen LogP contribution in [0.2, 0.25) is 0 Å². The highest BCUT2D eigenvalue weighted by Gasteiger charge is 2.18. The minimum atomic E-state index is -1.38. The third-order valence-corrected chi connectivity index (χ3v) is 5.50. The quantitative estimate of drug-likeness (QED) is 0.553. The van der Waals surface area contributed by atoms with Crippen molar-refractivity contribution in [3.63, 3.8) is 0 Å². The molecule has 0 radical (unpaired) electrons. The van der Waals surface area contributed by atoms with Crippen LogP contribution in [0.1, 0.15) is 17.2 Å². The molecule has 0 saturated heterocycles. The van der Waals surface area contributed by atoms with E-state index in [0.717, 1.165) is 34.9 Å². The normalized spacial score (nSPS) is 12.4. The van der Waals surface area contributed by atoms with Crippen LogP contribution in [0.3, 0.4) is 0 Å². The highest BCUT2D eigenvalue weighted by Crippen LogP contribution is 2.31. The number of aryl methyl sites for hydroxylation is 1. The molecule has 0 bridgehead atoms. The molecule has 0 spiro atoms. The van der Waals surface area contributed by atoms with Gasteiger partial charge in [0.2, 0.25) is 0 Å². The summed E-state index contributed by atoms with van der Waals surface area (Å²) in [5.41, 5.74) is 2.23. The summed E-state index contributed by atoms with van der Waals surface area (Å²) in [5.74, 6) is -1.39. The van der Waals surface area contributed by atoms with Crippen molar-refractivity contribution in [2.24, 2.45) is 0 Å². The first kappa shape index (κ1) is 18.5. The van der Waals surface area contributed by atoms with E-state index in [2.05, 4.69) is 4.98 Å². The molecule has 4 aromatic rings. The van der Waals surface area contributed by atoms with Crippen LogP contribution in [0.15, 0.2) is 59.0 Å². The minimum Gasteiger partial charge on any atom is -0.386 e. The molecule has 1 N–H and O–H groups in total. The fourth-order valence-electron chi connectivity index (χ4n) is 3.10. The standard InChI is InChI=1S/C21H16F2N2O2S/c1-12-2-4-13(5-3-12)16-10-28-20-19(16)21(27)25(11-24-20)9-18(26)15-8-14(22)6-7-17(15)23/h2-8,10-11,18,26H,9H2,1H3. The summed E-state index contributed by atoms with van der Waals surface area (Å²) in [6.45, 7) is 1.75. The third kappa shape index (κ3) is 3.34. The molecule has 0 fully saturated rings. The molecule has 2 aromatic heterocycles. The van der Waals surface area contributed by atoms with Crippen molar-refractivity contribution in [2.75, 3.05) is 0 Å². The fraction of sp³-hybridized carbons (Fsp3) is 0.143. The zero-order valence-electron chi connectivity index (χ0n) is 14.9. The topological polar surface area (TPSA) is 55.1 Å². The van der Waals surface area contributed by atoms with Gasteiger partial charge in [0.05, 0.1) is 24.4 Å². The van der Waals surface area contributed by atoms with E-state index in [1.165, 1.54) is 22.2 Å². The number of benzene rings is 2. The van der Waals surface area contributed by atoms with E-state index in [9.17, 15) is 18.7 Å². The van der Waals surface area contributed by atoms with Gasteiger partial charge in [0.25, 0.3) is 5.56 Å². The maximum absolute atomic E-state index is 13.9. The predicted molar refractivity (Wildman–Crippen MR) is 105 cm³/mol. The van der Waals surface area contributed by atoms with Crippen molar-refractivity contribution < 1.29 is 13.9 Å². The van der Waals surface area contributed by atoms with Crippen molar-refractivity contribution in [1.29, 1.82) is 0 Å². The number of fused-ring (bicyclic) bond motifs is 1. The van der Waals surface area contributed by atoms with Crippen LogP contribution in [0.5, 0.6) is 0 Å². The lowest BCUT2D eigenvalue weighted by atomic mass is 10.0. The van der Waals surface area contributed by atoms with Gasteiger partial charge in [-0.3, -0.25) is 9.36 Å². The average molecular weight is 398 g/mol. The van der Waals surface area contributed by atoms with E-state index < -0.39 is 17.7 Å². The van der Waals surface area contributed by atoms with Gasteiger partial charge in [0.15, 0.2) is 0 Å². The van der Waals surface area contributed by atoms with E-state index in [-0.39, 0.29) is 17.7 Å². The Kier molecular flexibility index (Phi) is 4.78. The molecule has 142 valence electrons. The number of aliphatic hydroxyl groups is 1. The summed E-state index contributed by atoms with van der Waals surface area (Å²) in [6.07, 6.45) is -0.0605. The van der Waals surface area contributed by atoms with Crippen LogP contribution in [0, 0.1) is 18.6 Å². The van der Waals surface area contributed by atoms with E-state index in [4.69, 9.17) is 0 Å². The monoisotopic (exact) mass is 398 g/mol. The van der Waals surface area contributed by atoms with Gasteiger partial charge in [0, 0.05) is 16.5 Å². The lowest BCUT2D eigenvalue weighted by molar-refractivity contribution is 0.150. The van der Waals surface area contributed by atoms with Gasteiger partial charge < -0.3 is 5.11 Å². The summed E-state index contributed by atoms with van der Waals surface area (Å²) in [4.78, 5) is 17.9. The molecule has 0 aliphatic heterocycles. The van der Waals surface area contributed by atoms with Crippen LogP contribution in [0.4, 0.5) is 8.78 Å². The van der Waals surface area contributed by atoms with E-state index in [1.54, 1.807) is 0 Å².